The first-order chi connectivity index (χ1) is 13.5. The maximum absolute atomic E-state index is 12.5. The van der Waals surface area contributed by atoms with Crippen molar-refractivity contribution in [3.05, 3.63) is 23.9 Å². The van der Waals surface area contributed by atoms with Crippen LogP contribution in [0.1, 0.15) is 38.1 Å². The van der Waals surface area contributed by atoms with Crippen LogP contribution in [0.2, 0.25) is 0 Å². The van der Waals surface area contributed by atoms with Gasteiger partial charge in [0.05, 0.1) is 18.7 Å². The number of hydrogen-bond acceptors (Lipinski definition) is 6. The van der Waals surface area contributed by atoms with Gasteiger partial charge in [-0.3, -0.25) is 4.68 Å². The lowest BCUT2D eigenvalue weighted by Gasteiger charge is -2.30. The largest absolute Gasteiger partial charge is 0.465 e. The highest BCUT2D eigenvalue weighted by Crippen LogP contribution is 2.34. The lowest BCUT2D eigenvalue weighted by Crippen LogP contribution is -2.44. The molecular weight excluding hydrogens is 372 g/mol. The molecule has 1 aliphatic heterocycles. The zero-order valence-electron chi connectivity index (χ0n) is 18.2. The predicted molar refractivity (Wildman–Crippen MR) is 111 cm³/mol. The van der Waals surface area contributed by atoms with Gasteiger partial charge in [0.1, 0.15) is 11.1 Å². The van der Waals surface area contributed by atoms with Crippen LogP contribution in [0.5, 0.6) is 0 Å². The molecule has 8 heteroatoms. The van der Waals surface area contributed by atoms with Gasteiger partial charge in [0.15, 0.2) is 0 Å². The number of anilines is 1. The minimum Gasteiger partial charge on any atom is -0.465 e. The van der Waals surface area contributed by atoms with Crippen LogP contribution in [-0.2, 0) is 16.5 Å². The van der Waals surface area contributed by atoms with Crippen LogP contribution < -0.4 is 4.90 Å². The molecule has 1 saturated heterocycles. The molecule has 0 saturated carbocycles. The zero-order valence-corrected chi connectivity index (χ0v) is 18.2. The molecular formula is C21H30N4O4. The Balaban J connectivity index is 1.88. The second-order valence-corrected chi connectivity index (χ2v) is 8.73. The van der Waals surface area contributed by atoms with Crippen molar-refractivity contribution in [2.45, 2.75) is 39.3 Å². The molecule has 2 atom stereocenters. The first-order valence-electron chi connectivity index (χ1n) is 9.77. The second-order valence-electron chi connectivity index (χ2n) is 8.73. The van der Waals surface area contributed by atoms with Gasteiger partial charge in [-0.05, 0) is 38.8 Å². The van der Waals surface area contributed by atoms with E-state index in [9.17, 15) is 9.59 Å². The summed E-state index contributed by atoms with van der Waals surface area (Å²) in [6, 6.07) is 3.71. The molecule has 1 aliphatic rings. The van der Waals surface area contributed by atoms with Gasteiger partial charge in [0, 0.05) is 44.5 Å². The highest BCUT2D eigenvalue weighted by atomic mass is 16.6. The molecule has 0 bridgehead atoms. The molecule has 0 spiro atoms. The third-order valence-electron chi connectivity index (χ3n) is 5.27. The fraction of sp³-hybridized carbons (Fsp3) is 0.571. The number of esters is 1. The molecule has 8 nitrogen and oxygen atoms in total. The smallest absolute Gasteiger partial charge is 0.410 e. The molecule has 2 aromatic rings. The maximum Gasteiger partial charge on any atom is 0.410 e. The summed E-state index contributed by atoms with van der Waals surface area (Å²) in [7, 11) is 4.99. The van der Waals surface area contributed by atoms with Crippen LogP contribution in [-0.4, -0.2) is 65.6 Å². The number of carbonyl (C=O) groups excluding carboxylic acids is 2. The Kier molecular flexibility index (Phi) is 5.47. The minimum atomic E-state index is -0.529. The van der Waals surface area contributed by atoms with E-state index >= 15 is 0 Å². The Morgan fingerprint density at radius 3 is 2.55 bits per heavy atom. The summed E-state index contributed by atoms with van der Waals surface area (Å²) >= 11 is 0. The number of likely N-dealkylation sites (N-methyl/N-ethyl adjacent to an activating group) is 1. The summed E-state index contributed by atoms with van der Waals surface area (Å²) in [4.78, 5) is 28.6. The average molecular weight is 402 g/mol. The molecule has 2 heterocycles. The Morgan fingerprint density at radius 1 is 1.24 bits per heavy atom. The SMILES string of the molecule is COC(=O)c1ccc(N2C[C@@H](C)[C@H](N(C)C(=O)OC(C)(C)C)C2)c2cn(C)nc12. The molecule has 158 valence electrons. The molecule has 1 aromatic carbocycles. The second kappa shape index (κ2) is 7.57. The van der Waals surface area contributed by atoms with Crippen molar-refractivity contribution >= 4 is 28.7 Å². The number of fused-ring (bicyclic) bond motifs is 1. The summed E-state index contributed by atoms with van der Waals surface area (Å²) in [5.41, 5.74) is 1.53. The lowest BCUT2D eigenvalue weighted by molar-refractivity contribution is 0.0208. The van der Waals surface area contributed by atoms with Crippen molar-refractivity contribution in [2.24, 2.45) is 13.0 Å². The Bertz CT molecular complexity index is 931. The Morgan fingerprint density at radius 2 is 1.93 bits per heavy atom. The van der Waals surface area contributed by atoms with Crippen LogP contribution >= 0.6 is 0 Å². The topological polar surface area (TPSA) is 76.9 Å². The number of carbonyl (C=O) groups is 2. The average Bonchev–Trinajstić information content (AvgIpc) is 3.20. The van der Waals surface area contributed by atoms with Crippen LogP contribution in [0.25, 0.3) is 10.9 Å². The van der Waals surface area contributed by atoms with Gasteiger partial charge in [-0.25, -0.2) is 9.59 Å². The van der Waals surface area contributed by atoms with E-state index in [1.54, 1.807) is 22.7 Å². The fourth-order valence-corrected chi connectivity index (χ4v) is 3.88. The predicted octanol–water partition coefficient (Wildman–Crippen LogP) is 3.05. The van der Waals surface area contributed by atoms with Crippen LogP contribution in [0.3, 0.4) is 0 Å². The Labute approximate surface area is 171 Å². The van der Waals surface area contributed by atoms with Crippen molar-refractivity contribution in [1.82, 2.24) is 14.7 Å². The summed E-state index contributed by atoms with van der Waals surface area (Å²) in [5, 5.41) is 5.35. The molecule has 0 N–H and O–H groups in total. The van der Waals surface area contributed by atoms with Gasteiger partial charge in [-0.15, -0.1) is 0 Å². The van der Waals surface area contributed by atoms with E-state index in [4.69, 9.17) is 9.47 Å². The minimum absolute atomic E-state index is 0.0249. The number of rotatable bonds is 3. The number of ether oxygens (including phenoxy) is 2. The number of benzene rings is 1. The summed E-state index contributed by atoms with van der Waals surface area (Å²) in [6.07, 6.45) is 1.59. The summed E-state index contributed by atoms with van der Waals surface area (Å²) in [6.45, 7) is 9.20. The summed E-state index contributed by atoms with van der Waals surface area (Å²) < 4.78 is 12.1. The van der Waals surface area contributed by atoms with E-state index in [-0.39, 0.29) is 18.1 Å². The number of aromatic nitrogens is 2. The maximum atomic E-state index is 12.5. The van der Waals surface area contributed by atoms with E-state index in [1.165, 1.54) is 7.11 Å². The molecule has 0 unspecified atom stereocenters. The highest BCUT2D eigenvalue weighted by molar-refractivity contribution is 6.06. The third kappa shape index (κ3) is 4.16. The lowest BCUT2D eigenvalue weighted by atomic mass is 10.1. The third-order valence-corrected chi connectivity index (χ3v) is 5.27. The fourth-order valence-electron chi connectivity index (χ4n) is 3.88. The van der Waals surface area contributed by atoms with Gasteiger partial charge < -0.3 is 19.3 Å². The molecule has 3 rings (SSSR count). The van der Waals surface area contributed by atoms with Gasteiger partial charge in [0.25, 0.3) is 0 Å². The van der Waals surface area contributed by atoms with Crippen molar-refractivity contribution < 1.29 is 19.1 Å². The number of methoxy groups -OCH3 is 1. The zero-order chi connectivity index (χ0) is 21.5. The Hall–Kier alpha value is -2.77. The van der Waals surface area contributed by atoms with Crippen molar-refractivity contribution in [1.29, 1.82) is 0 Å². The van der Waals surface area contributed by atoms with E-state index < -0.39 is 11.6 Å². The normalized spacial score (nSPS) is 19.5. The molecule has 29 heavy (non-hydrogen) atoms. The number of amides is 1. The number of hydrogen-bond donors (Lipinski definition) is 0. The molecule has 0 aliphatic carbocycles. The van der Waals surface area contributed by atoms with Crippen molar-refractivity contribution in [3.63, 3.8) is 0 Å². The number of nitrogens with zero attached hydrogens (tertiary/aromatic N) is 4. The van der Waals surface area contributed by atoms with Crippen LogP contribution in [0, 0.1) is 5.92 Å². The number of aryl methyl sites for hydroxylation is 1. The molecule has 1 aromatic heterocycles. The van der Waals surface area contributed by atoms with Crippen molar-refractivity contribution in [2.75, 3.05) is 32.1 Å². The van der Waals surface area contributed by atoms with E-state index in [2.05, 4.69) is 16.9 Å². The van der Waals surface area contributed by atoms with Gasteiger partial charge in [-0.1, -0.05) is 6.92 Å². The first kappa shape index (κ1) is 21.0. The van der Waals surface area contributed by atoms with E-state index in [1.807, 2.05) is 40.1 Å². The van der Waals surface area contributed by atoms with Crippen molar-refractivity contribution in [3.8, 4) is 0 Å². The first-order valence-corrected chi connectivity index (χ1v) is 9.77. The van der Waals surface area contributed by atoms with Gasteiger partial charge in [0.2, 0.25) is 0 Å². The quantitative estimate of drug-likeness (QED) is 0.735. The van der Waals surface area contributed by atoms with Crippen LogP contribution in [0.15, 0.2) is 18.3 Å². The molecule has 1 fully saturated rings. The van der Waals surface area contributed by atoms with Gasteiger partial charge in [-0.2, -0.15) is 5.10 Å². The van der Waals surface area contributed by atoms with E-state index in [0.29, 0.717) is 17.6 Å². The highest BCUT2D eigenvalue weighted by Gasteiger charge is 2.37. The standard InChI is InChI=1S/C21H30N4O4/c1-13-10-25(12-17(13)24(6)20(27)29-21(2,3)4)16-9-8-14(19(26)28-7)18-15(16)11-23(5)22-18/h8-9,11,13,17H,10,12H2,1-7H3/t13-,17-/m1/s1. The summed E-state index contributed by atoms with van der Waals surface area (Å²) in [5.74, 6) is -0.142. The van der Waals surface area contributed by atoms with Crippen LogP contribution in [0.4, 0.5) is 10.5 Å². The molecule has 1 amide bonds. The monoisotopic (exact) mass is 402 g/mol. The van der Waals surface area contributed by atoms with E-state index in [0.717, 1.165) is 17.6 Å². The van der Waals surface area contributed by atoms with Gasteiger partial charge >= 0.3 is 12.1 Å². The molecule has 0 radical (unpaired) electrons.